The molecule has 1 aliphatic heterocycles. The van der Waals surface area contributed by atoms with E-state index in [1.807, 2.05) is 36.4 Å². The topological polar surface area (TPSA) is 35.5 Å². The second-order valence-electron chi connectivity index (χ2n) is 6.96. The first kappa shape index (κ1) is 17.5. The highest BCUT2D eigenvalue weighted by Gasteiger charge is 2.19. The van der Waals surface area contributed by atoms with Crippen LogP contribution in [0.15, 0.2) is 66.7 Å². The van der Waals surface area contributed by atoms with Crippen LogP contribution in [0.5, 0.6) is 0 Å². The molecule has 0 aliphatic carbocycles. The van der Waals surface area contributed by atoms with Crippen molar-refractivity contribution in [2.75, 3.05) is 50.1 Å². The fraction of sp³-hybridized carbons (Fsp3) is 0.273. The van der Waals surface area contributed by atoms with Gasteiger partial charge in [0.2, 0.25) is 5.95 Å². The van der Waals surface area contributed by atoms with Crippen LogP contribution in [0.1, 0.15) is 0 Å². The maximum Gasteiger partial charge on any atom is 0.227 e. The van der Waals surface area contributed by atoms with Crippen molar-refractivity contribution in [1.82, 2.24) is 14.9 Å². The van der Waals surface area contributed by atoms with Crippen molar-refractivity contribution < 1.29 is 0 Å². The summed E-state index contributed by atoms with van der Waals surface area (Å²) in [4.78, 5) is 16.6. The summed E-state index contributed by atoms with van der Waals surface area (Å²) in [6, 6.07) is 22.7. The molecular weight excluding hydrogens is 334 g/mol. The quantitative estimate of drug-likeness (QED) is 0.710. The molecule has 27 heavy (non-hydrogen) atoms. The first-order chi connectivity index (χ1) is 13.2. The van der Waals surface area contributed by atoms with Crippen LogP contribution in [-0.4, -0.2) is 55.1 Å². The van der Waals surface area contributed by atoms with Gasteiger partial charge in [-0.25, -0.2) is 4.98 Å². The molecule has 0 radical (unpaired) electrons. The Kier molecular flexibility index (Phi) is 5.03. The highest BCUT2D eigenvalue weighted by atomic mass is 15.3. The van der Waals surface area contributed by atoms with E-state index in [0.717, 1.165) is 54.9 Å². The lowest BCUT2D eigenvalue weighted by atomic mass is 10.1. The number of hydrogen-bond acceptors (Lipinski definition) is 5. The molecule has 0 bridgehead atoms. The zero-order chi connectivity index (χ0) is 18.6. The number of hydrogen-bond donors (Lipinski definition) is 0. The molecule has 0 saturated carbocycles. The number of piperazine rings is 1. The van der Waals surface area contributed by atoms with E-state index < -0.39 is 0 Å². The van der Waals surface area contributed by atoms with E-state index in [-0.39, 0.29) is 0 Å². The Labute approximate surface area is 160 Å². The molecule has 0 spiro atoms. The summed E-state index contributed by atoms with van der Waals surface area (Å²) in [5, 5.41) is 0. The predicted octanol–water partition coefficient (Wildman–Crippen LogP) is 3.66. The average molecular weight is 359 g/mol. The summed E-state index contributed by atoms with van der Waals surface area (Å²) in [6.45, 7) is 3.96. The van der Waals surface area contributed by atoms with Gasteiger partial charge in [-0.05, 0) is 19.2 Å². The zero-order valence-electron chi connectivity index (χ0n) is 15.9. The molecule has 1 fully saturated rings. The SMILES string of the molecule is CN1CCN(c2nc(-c3ccccc3)cc(N(C)c3ccccc3)n2)CC1. The molecular formula is C22H25N5. The average Bonchev–Trinajstić information content (AvgIpc) is 2.74. The van der Waals surface area contributed by atoms with Gasteiger partial charge in [0.25, 0.3) is 0 Å². The van der Waals surface area contributed by atoms with E-state index >= 15 is 0 Å². The monoisotopic (exact) mass is 359 g/mol. The van der Waals surface area contributed by atoms with Crippen LogP contribution in [0, 0.1) is 0 Å². The summed E-state index contributed by atoms with van der Waals surface area (Å²) >= 11 is 0. The Morgan fingerprint density at radius 1 is 0.815 bits per heavy atom. The van der Waals surface area contributed by atoms with Crippen LogP contribution >= 0.6 is 0 Å². The van der Waals surface area contributed by atoms with Crippen LogP contribution in [0.3, 0.4) is 0 Å². The number of benzene rings is 2. The molecule has 4 rings (SSSR count). The highest BCUT2D eigenvalue weighted by Crippen LogP contribution is 2.28. The van der Waals surface area contributed by atoms with Gasteiger partial charge in [-0.15, -0.1) is 0 Å². The molecule has 1 saturated heterocycles. The second kappa shape index (κ2) is 7.76. The van der Waals surface area contributed by atoms with Crippen LogP contribution < -0.4 is 9.80 Å². The minimum absolute atomic E-state index is 0.808. The Balaban J connectivity index is 1.75. The number of nitrogens with zero attached hydrogens (tertiary/aromatic N) is 5. The van der Waals surface area contributed by atoms with E-state index in [0.29, 0.717) is 0 Å². The standard InChI is InChI=1S/C22H25N5/c1-25-13-15-27(16-14-25)22-23-20(18-9-5-3-6-10-18)17-21(24-22)26(2)19-11-7-4-8-12-19/h3-12,17H,13-16H2,1-2H3. The van der Waals surface area contributed by atoms with Crippen molar-refractivity contribution in [1.29, 1.82) is 0 Å². The lowest BCUT2D eigenvalue weighted by molar-refractivity contribution is 0.311. The lowest BCUT2D eigenvalue weighted by Gasteiger charge is -2.33. The number of aromatic nitrogens is 2. The maximum atomic E-state index is 4.91. The third kappa shape index (κ3) is 3.93. The normalized spacial score (nSPS) is 15.0. The smallest absolute Gasteiger partial charge is 0.227 e. The van der Waals surface area contributed by atoms with Crippen molar-refractivity contribution >= 4 is 17.5 Å². The Bertz CT molecular complexity index is 874. The molecule has 5 heteroatoms. The van der Waals surface area contributed by atoms with Gasteiger partial charge in [-0.3, -0.25) is 0 Å². The van der Waals surface area contributed by atoms with Gasteiger partial charge < -0.3 is 14.7 Å². The van der Waals surface area contributed by atoms with Crippen LogP contribution in [0.25, 0.3) is 11.3 Å². The van der Waals surface area contributed by atoms with Crippen LogP contribution in [0.2, 0.25) is 0 Å². The zero-order valence-corrected chi connectivity index (χ0v) is 15.9. The summed E-state index contributed by atoms with van der Waals surface area (Å²) in [5.41, 5.74) is 3.18. The molecule has 1 aromatic heterocycles. The Morgan fingerprint density at radius 3 is 2.11 bits per heavy atom. The molecule has 5 nitrogen and oxygen atoms in total. The summed E-state index contributed by atoms with van der Waals surface area (Å²) in [7, 11) is 4.22. The number of likely N-dealkylation sites (N-methyl/N-ethyl adjacent to an activating group) is 1. The van der Waals surface area contributed by atoms with Gasteiger partial charge in [0.15, 0.2) is 0 Å². The van der Waals surface area contributed by atoms with Gasteiger partial charge in [-0.2, -0.15) is 4.98 Å². The van der Waals surface area contributed by atoms with Crippen LogP contribution in [-0.2, 0) is 0 Å². The van der Waals surface area contributed by atoms with E-state index in [9.17, 15) is 0 Å². The van der Waals surface area contributed by atoms with Gasteiger partial charge in [0, 0.05) is 50.5 Å². The van der Waals surface area contributed by atoms with E-state index in [4.69, 9.17) is 9.97 Å². The van der Waals surface area contributed by atoms with Gasteiger partial charge in [-0.1, -0.05) is 48.5 Å². The number of para-hydroxylation sites is 1. The second-order valence-corrected chi connectivity index (χ2v) is 6.96. The molecule has 2 heterocycles. The van der Waals surface area contributed by atoms with E-state index in [1.54, 1.807) is 0 Å². The fourth-order valence-electron chi connectivity index (χ4n) is 3.28. The number of anilines is 3. The highest BCUT2D eigenvalue weighted by molar-refractivity contribution is 5.68. The lowest BCUT2D eigenvalue weighted by Crippen LogP contribution is -2.45. The molecule has 0 N–H and O–H groups in total. The largest absolute Gasteiger partial charge is 0.338 e. The summed E-state index contributed by atoms with van der Waals surface area (Å²) in [5.74, 6) is 1.71. The van der Waals surface area contributed by atoms with Crippen molar-refractivity contribution in [2.24, 2.45) is 0 Å². The molecule has 2 aromatic carbocycles. The molecule has 0 amide bonds. The predicted molar refractivity (Wildman–Crippen MR) is 112 cm³/mol. The third-order valence-corrected chi connectivity index (χ3v) is 5.04. The van der Waals surface area contributed by atoms with Gasteiger partial charge in [0.05, 0.1) is 5.69 Å². The van der Waals surface area contributed by atoms with Crippen LogP contribution in [0.4, 0.5) is 17.5 Å². The molecule has 0 atom stereocenters. The molecule has 0 unspecified atom stereocenters. The summed E-state index contributed by atoms with van der Waals surface area (Å²) < 4.78 is 0. The summed E-state index contributed by atoms with van der Waals surface area (Å²) in [6.07, 6.45) is 0. The molecule has 1 aliphatic rings. The molecule has 138 valence electrons. The first-order valence-corrected chi connectivity index (χ1v) is 9.37. The van der Waals surface area contributed by atoms with Gasteiger partial charge >= 0.3 is 0 Å². The Morgan fingerprint density at radius 2 is 1.44 bits per heavy atom. The molecule has 3 aromatic rings. The van der Waals surface area contributed by atoms with Crippen molar-refractivity contribution in [3.8, 4) is 11.3 Å². The fourth-order valence-corrected chi connectivity index (χ4v) is 3.28. The van der Waals surface area contributed by atoms with E-state index in [1.165, 1.54) is 0 Å². The van der Waals surface area contributed by atoms with E-state index in [2.05, 4.69) is 59.1 Å². The number of rotatable bonds is 4. The minimum Gasteiger partial charge on any atom is -0.338 e. The Hall–Kier alpha value is -2.92. The third-order valence-electron chi connectivity index (χ3n) is 5.04. The maximum absolute atomic E-state index is 4.91. The van der Waals surface area contributed by atoms with Crippen molar-refractivity contribution in [3.05, 3.63) is 66.7 Å². The van der Waals surface area contributed by atoms with Crippen molar-refractivity contribution in [3.63, 3.8) is 0 Å². The van der Waals surface area contributed by atoms with Crippen molar-refractivity contribution in [2.45, 2.75) is 0 Å². The first-order valence-electron chi connectivity index (χ1n) is 9.37. The van der Waals surface area contributed by atoms with Gasteiger partial charge in [0.1, 0.15) is 5.82 Å². The minimum atomic E-state index is 0.808.